The topological polar surface area (TPSA) is 237 Å². The summed E-state index contributed by atoms with van der Waals surface area (Å²) in [5, 5.41) is 22.8. The molecule has 25 heteroatoms. The maximum atomic E-state index is 6.43. The van der Waals surface area contributed by atoms with Gasteiger partial charge in [0.2, 0.25) is 5.88 Å². The van der Waals surface area contributed by atoms with Crippen molar-refractivity contribution in [2.45, 2.75) is 56.7 Å². The van der Waals surface area contributed by atoms with Crippen LogP contribution >= 0.6 is 21.3 Å². The average Bonchev–Trinajstić information content (AvgIpc) is 3.42. The first-order valence-electron chi connectivity index (χ1n) is 26.3. The van der Waals surface area contributed by atoms with Crippen molar-refractivity contribution in [3.05, 3.63) is 120 Å². The number of pyridine rings is 2. The molecule has 0 amide bonds. The van der Waals surface area contributed by atoms with Gasteiger partial charge in [0.1, 0.15) is 23.3 Å². The number of nitrogens with one attached hydrogen (secondary N) is 2. The molecule has 6 atom stereocenters. The first-order chi connectivity index (χ1) is 40.0. The number of methoxy groups -OCH3 is 7. The summed E-state index contributed by atoms with van der Waals surface area (Å²) < 4.78 is 60.1. The minimum atomic E-state index is -0.598. The third-order valence-corrected chi connectivity index (χ3v) is 20.5. The quantitative estimate of drug-likeness (QED) is 0.0329. The van der Waals surface area contributed by atoms with E-state index in [2.05, 4.69) is 57.4 Å². The molecule has 8 aromatic rings. The molecule has 1 saturated carbocycles. The number of rotatable bonds is 28. The van der Waals surface area contributed by atoms with Crippen LogP contribution in [0.5, 0.6) is 34.8 Å². The Bertz CT molecular complexity index is 3490. The Kier molecular flexibility index (Phi) is 20.3. The number of benzene rings is 2. The number of hydrogen-bond donors (Lipinski definition) is 2. The Hall–Kier alpha value is -7.33. The predicted molar refractivity (Wildman–Crippen MR) is 317 cm³/mol. The van der Waals surface area contributed by atoms with Gasteiger partial charge in [-0.2, -0.15) is 0 Å². The first-order valence-corrected chi connectivity index (χ1v) is 31.9. The second kappa shape index (κ2) is 28.1. The third-order valence-electron chi connectivity index (χ3n) is 13.3. The van der Waals surface area contributed by atoms with Crippen LogP contribution < -0.4 is 59.1 Å². The molecule has 6 heterocycles. The van der Waals surface area contributed by atoms with E-state index >= 15 is 0 Å². The van der Waals surface area contributed by atoms with E-state index in [1.54, 1.807) is 68.2 Å². The van der Waals surface area contributed by atoms with Crippen molar-refractivity contribution >= 4 is 44.0 Å². The summed E-state index contributed by atoms with van der Waals surface area (Å²) in [6, 6.07) is 22.4. The van der Waals surface area contributed by atoms with E-state index in [0.717, 1.165) is 34.1 Å². The second-order valence-electron chi connectivity index (χ2n) is 18.5. The van der Waals surface area contributed by atoms with Crippen LogP contribution in [-0.4, -0.2) is 146 Å². The number of para-hydroxylation sites is 2. The van der Waals surface area contributed by atoms with Crippen LogP contribution in [0.1, 0.15) is 60.9 Å². The monoisotopic (exact) mass is 1270 g/mol. The molecule has 6 aromatic heterocycles. The Morgan fingerprint density at radius 2 is 1.09 bits per heavy atom. The Morgan fingerprint density at radius 3 is 1.59 bits per heavy atom. The molecule has 1 aliphatic carbocycles. The number of aromatic nitrogens is 12. The Labute approximate surface area is 492 Å². The maximum absolute atomic E-state index is 6.43. The van der Waals surface area contributed by atoms with E-state index in [0.29, 0.717) is 121 Å². The summed E-state index contributed by atoms with van der Waals surface area (Å²) in [5.41, 5.74) is 5.41. The molecule has 22 nitrogen and oxygen atoms in total. The molecule has 0 spiro atoms. The number of anilines is 2. The van der Waals surface area contributed by atoms with Gasteiger partial charge in [-0.3, -0.25) is 0 Å². The minimum absolute atomic E-state index is 0.142. The van der Waals surface area contributed by atoms with E-state index in [1.807, 2.05) is 103 Å². The van der Waals surface area contributed by atoms with Crippen molar-refractivity contribution in [1.29, 1.82) is 0 Å². The summed E-state index contributed by atoms with van der Waals surface area (Å²) in [6.07, 6.45) is 6.69. The van der Waals surface area contributed by atoms with Gasteiger partial charge in [0.15, 0.2) is 5.82 Å². The summed E-state index contributed by atoms with van der Waals surface area (Å²) >= 11 is -0.142. The summed E-state index contributed by atoms with van der Waals surface area (Å²) in [5.74, 6) is 7.82. The van der Waals surface area contributed by atoms with Crippen LogP contribution in [0.15, 0.2) is 91.4 Å². The standard InChI is InChI=1S/C57H68IN14O8S2/c1-12-81(33-46(77-9)52-59-29-35(3)30-60-52)69-56-68-66-55(72(56)51-44(75-7)22-17-23-45(51)76-8)41-19-15-25-49(63-41)80-32-37-28-38(37)58-27-26-39-36(4)31-61-53(64-39)47(78-10)34-82(13-2)70-57-67-65-54(40-18-14-24-48(62-40)79-11)71(57)50-42(73-5)20-16-21-43(50)74-6/h12-25,29-31,37-38,46-47H,26-28,32-34H2,1-11H3,(H,67,70)(H,68,69)/q-1/t37?,38?,46-,47+,81?,82?/m1/s1. The van der Waals surface area contributed by atoms with Gasteiger partial charge in [-0.15, -0.1) is 0 Å². The molecule has 1 fully saturated rings. The molecule has 2 aromatic carbocycles. The zero-order valence-electron chi connectivity index (χ0n) is 47.7. The first kappa shape index (κ1) is 59.3. The molecule has 0 saturated heterocycles. The van der Waals surface area contributed by atoms with Gasteiger partial charge in [-0.05, 0) is 43.0 Å². The molecule has 0 bridgehead atoms. The van der Waals surface area contributed by atoms with E-state index in [9.17, 15) is 0 Å². The van der Waals surface area contributed by atoms with Crippen molar-refractivity contribution < 1.29 is 59.1 Å². The van der Waals surface area contributed by atoms with Crippen LogP contribution in [0, 0.1) is 19.8 Å². The normalized spacial score (nSPS) is 15.4. The Morgan fingerprint density at radius 1 is 0.598 bits per heavy atom. The smallest absolute Gasteiger partial charge is 0.494 e. The van der Waals surface area contributed by atoms with Crippen LogP contribution in [0.25, 0.3) is 34.4 Å². The van der Waals surface area contributed by atoms with Gasteiger partial charge < -0.3 is 18.9 Å². The average molecular weight is 1270 g/mol. The molecular weight excluding hydrogens is 1200 g/mol. The summed E-state index contributed by atoms with van der Waals surface area (Å²) in [7, 11) is 10.2. The van der Waals surface area contributed by atoms with Crippen LogP contribution in [0.3, 0.4) is 0 Å². The molecule has 2 N–H and O–H groups in total. The zero-order valence-corrected chi connectivity index (χ0v) is 51.5. The van der Waals surface area contributed by atoms with E-state index < -0.39 is 27.4 Å². The van der Waals surface area contributed by atoms with Gasteiger partial charge in [0, 0.05) is 31.3 Å². The molecule has 0 aliphatic heterocycles. The second-order valence-corrected chi connectivity index (χ2v) is 25.8. The van der Waals surface area contributed by atoms with Gasteiger partial charge in [0.25, 0.3) is 0 Å². The van der Waals surface area contributed by atoms with Crippen LogP contribution in [0.2, 0.25) is 0 Å². The molecule has 434 valence electrons. The van der Waals surface area contributed by atoms with Crippen LogP contribution in [-0.2, 0) is 15.9 Å². The number of nitrogens with zero attached hydrogens (tertiary/aromatic N) is 12. The van der Waals surface area contributed by atoms with Gasteiger partial charge >= 0.3 is 299 Å². The minimum Gasteiger partial charge on any atom is -0.494 e. The van der Waals surface area contributed by atoms with Crippen molar-refractivity contribution in [3.8, 4) is 69.2 Å². The molecule has 82 heavy (non-hydrogen) atoms. The molecule has 4 unspecified atom stereocenters. The van der Waals surface area contributed by atoms with Crippen molar-refractivity contribution in [1.82, 2.24) is 59.4 Å². The number of aryl methyl sites for hydroxylation is 3. The van der Waals surface area contributed by atoms with Crippen LogP contribution in [0.4, 0.5) is 11.9 Å². The van der Waals surface area contributed by atoms with Crippen molar-refractivity contribution in [2.24, 2.45) is 5.92 Å². The fraction of sp³-hybridized carbons (Fsp3) is 0.368. The van der Waals surface area contributed by atoms with Gasteiger partial charge in [0.05, 0.1) is 35.5 Å². The van der Waals surface area contributed by atoms with Crippen molar-refractivity contribution in [3.63, 3.8) is 0 Å². The predicted octanol–water partition coefficient (Wildman–Crippen LogP) is 5.92. The number of ether oxygens (including phenoxy) is 8. The number of alkyl halides is 2. The molecular formula is C57H68IN14O8S2-. The molecule has 0 radical (unpaired) electrons. The van der Waals surface area contributed by atoms with Gasteiger partial charge in [-0.1, -0.05) is 18.2 Å². The van der Waals surface area contributed by atoms with Gasteiger partial charge in [-0.25, -0.2) is 15.0 Å². The molecule has 9 rings (SSSR count). The fourth-order valence-electron chi connectivity index (χ4n) is 8.80. The van der Waals surface area contributed by atoms with E-state index in [-0.39, 0.29) is 27.3 Å². The fourth-order valence-corrected chi connectivity index (χ4v) is 15.1. The number of hydrogen-bond acceptors (Lipinski definition) is 20. The third kappa shape index (κ3) is 13.8. The van der Waals surface area contributed by atoms with E-state index in [4.69, 9.17) is 57.9 Å². The summed E-state index contributed by atoms with van der Waals surface area (Å²) in [6.45, 7) is 8.59. The molecule has 1 aliphatic rings. The zero-order chi connectivity index (χ0) is 57.7. The van der Waals surface area contributed by atoms with E-state index in [1.165, 1.54) is 0 Å². The summed E-state index contributed by atoms with van der Waals surface area (Å²) in [4.78, 5) is 28.7. The number of halogens is 1. The Balaban J connectivity index is 0.846. The SMILES string of the molecule is C/C=S(\C[C@H](OC)c1ncc(C)c(CC[I-]C2CC2COc2cccc(-c3nnc(N/S(=C/C)C[C@@H](OC)c4ncc(C)cn4)n3-c3c(OC)cccc3OC)n2)n1)Nc1nnc(-c2cccc(OC)n2)n1-c1c(OC)cccc1OC. The van der Waals surface area contributed by atoms with Crippen molar-refractivity contribution in [2.75, 3.05) is 81.8 Å².